The number of piperidine rings is 2. The molecule has 0 saturated carbocycles. The second kappa shape index (κ2) is 8.13. The summed E-state index contributed by atoms with van der Waals surface area (Å²) in [4.78, 5) is 13.7. The molecule has 2 fully saturated rings. The summed E-state index contributed by atoms with van der Waals surface area (Å²) in [5, 5.41) is 18.8. The van der Waals surface area contributed by atoms with Gasteiger partial charge in [0.05, 0.1) is 12.6 Å². The van der Waals surface area contributed by atoms with Gasteiger partial charge in [-0.2, -0.15) is 0 Å². The lowest BCUT2D eigenvalue weighted by Gasteiger charge is -2.34. The molecule has 8 nitrogen and oxygen atoms in total. The highest BCUT2D eigenvalue weighted by molar-refractivity contribution is 5.46. The van der Waals surface area contributed by atoms with Gasteiger partial charge in [-0.3, -0.25) is 4.90 Å². The summed E-state index contributed by atoms with van der Waals surface area (Å²) >= 11 is 0. The second-order valence-electron chi connectivity index (χ2n) is 8.25. The van der Waals surface area contributed by atoms with Crippen molar-refractivity contribution in [2.75, 3.05) is 31.1 Å². The molecule has 152 valence electrons. The van der Waals surface area contributed by atoms with Gasteiger partial charge in [0.2, 0.25) is 0 Å². The summed E-state index contributed by atoms with van der Waals surface area (Å²) in [5.74, 6) is 4.30. The molecule has 2 aliphatic rings. The lowest BCUT2D eigenvalue weighted by molar-refractivity contribution is 0.0775. The molecular weight excluding hydrogens is 354 g/mol. The number of nitrogens with zero attached hydrogens (tertiary/aromatic N) is 7. The van der Waals surface area contributed by atoms with Gasteiger partial charge in [-0.1, -0.05) is 0 Å². The van der Waals surface area contributed by atoms with Gasteiger partial charge in [0, 0.05) is 50.9 Å². The maximum atomic E-state index is 9.70. The van der Waals surface area contributed by atoms with Crippen molar-refractivity contribution in [3.63, 3.8) is 0 Å². The molecule has 8 heteroatoms. The van der Waals surface area contributed by atoms with Gasteiger partial charge in [-0.25, -0.2) is 9.97 Å². The van der Waals surface area contributed by atoms with Crippen LogP contribution in [0.15, 0.2) is 6.20 Å². The lowest BCUT2D eigenvalue weighted by Crippen LogP contribution is -2.37. The monoisotopic (exact) mass is 385 g/mol. The van der Waals surface area contributed by atoms with E-state index in [0.717, 1.165) is 87.3 Å². The van der Waals surface area contributed by atoms with Crippen LogP contribution >= 0.6 is 0 Å². The molecule has 2 aliphatic heterocycles. The molecule has 1 atom stereocenters. The highest BCUT2D eigenvalue weighted by atomic mass is 16.3. The Morgan fingerprint density at radius 2 is 1.89 bits per heavy atom. The molecule has 2 saturated heterocycles. The fourth-order valence-corrected chi connectivity index (χ4v) is 4.36. The number of rotatable bonds is 4. The third-order valence-electron chi connectivity index (χ3n) is 6.07. The quantitative estimate of drug-likeness (QED) is 0.855. The van der Waals surface area contributed by atoms with Crippen molar-refractivity contribution in [1.29, 1.82) is 0 Å². The van der Waals surface area contributed by atoms with E-state index in [1.165, 1.54) is 0 Å². The molecule has 4 rings (SSSR count). The van der Waals surface area contributed by atoms with Crippen LogP contribution < -0.4 is 4.90 Å². The molecule has 0 spiro atoms. The van der Waals surface area contributed by atoms with Crippen molar-refractivity contribution in [2.24, 2.45) is 7.05 Å². The Kier molecular flexibility index (Phi) is 5.59. The molecule has 0 radical (unpaired) electrons. The van der Waals surface area contributed by atoms with E-state index in [1.807, 2.05) is 13.1 Å². The molecule has 2 aromatic rings. The van der Waals surface area contributed by atoms with Crippen molar-refractivity contribution in [1.82, 2.24) is 29.6 Å². The minimum atomic E-state index is -0.145. The van der Waals surface area contributed by atoms with Crippen molar-refractivity contribution in [3.8, 4) is 0 Å². The second-order valence-corrected chi connectivity index (χ2v) is 8.25. The fraction of sp³-hybridized carbons (Fsp3) is 0.700. The summed E-state index contributed by atoms with van der Waals surface area (Å²) in [6.07, 6.45) is 5.71. The molecule has 4 heterocycles. The normalized spacial score (nSPS) is 22.0. The van der Waals surface area contributed by atoms with E-state index in [1.54, 1.807) is 0 Å². The zero-order chi connectivity index (χ0) is 19.7. The van der Waals surface area contributed by atoms with Gasteiger partial charge >= 0.3 is 0 Å². The van der Waals surface area contributed by atoms with E-state index in [2.05, 4.69) is 48.5 Å². The first-order chi connectivity index (χ1) is 13.5. The predicted molar refractivity (Wildman–Crippen MR) is 107 cm³/mol. The highest BCUT2D eigenvalue weighted by Gasteiger charge is 2.28. The number of aryl methyl sites for hydroxylation is 2. The number of hydrogen-bond acceptors (Lipinski definition) is 7. The number of hydrogen-bond donors (Lipinski definition) is 1. The van der Waals surface area contributed by atoms with Gasteiger partial charge in [-0.15, -0.1) is 10.2 Å². The summed E-state index contributed by atoms with van der Waals surface area (Å²) in [6, 6.07) is 0. The maximum Gasteiger partial charge on any atom is 0.146 e. The van der Waals surface area contributed by atoms with Crippen LogP contribution in [0.25, 0.3) is 0 Å². The van der Waals surface area contributed by atoms with E-state index < -0.39 is 0 Å². The molecule has 0 aromatic carbocycles. The molecular formula is C20H31N7O. The van der Waals surface area contributed by atoms with Crippen LogP contribution in [0.2, 0.25) is 0 Å². The standard InChI is InChI=1S/C20H31N7O/c1-14-11-21-15(2)22-19(14)27-8-4-5-16(12-27)20-24-23-18(25(20)3)13-26-9-6-17(28)7-10-26/h11,16-17,28H,4-10,12-13H2,1-3H3. The Bertz CT molecular complexity index is 813. The maximum absolute atomic E-state index is 9.70. The Balaban J connectivity index is 1.47. The smallest absolute Gasteiger partial charge is 0.146 e. The van der Waals surface area contributed by atoms with Crippen molar-refractivity contribution in [3.05, 3.63) is 29.2 Å². The number of anilines is 1. The van der Waals surface area contributed by atoms with E-state index in [-0.39, 0.29) is 6.10 Å². The fourth-order valence-electron chi connectivity index (χ4n) is 4.36. The number of aliphatic hydroxyl groups is 1. The van der Waals surface area contributed by atoms with E-state index >= 15 is 0 Å². The summed E-state index contributed by atoms with van der Waals surface area (Å²) < 4.78 is 2.18. The third kappa shape index (κ3) is 4.03. The number of likely N-dealkylation sites (tertiary alicyclic amines) is 1. The minimum absolute atomic E-state index is 0.145. The van der Waals surface area contributed by atoms with Crippen LogP contribution in [0, 0.1) is 13.8 Å². The third-order valence-corrected chi connectivity index (χ3v) is 6.07. The van der Waals surface area contributed by atoms with Crippen LogP contribution in [0.5, 0.6) is 0 Å². The zero-order valence-electron chi connectivity index (χ0n) is 17.2. The SMILES string of the molecule is Cc1ncc(C)c(N2CCCC(c3nnc(CN4CCC(O)CC4)n3C)C2)n1. The average molecular weight is 386 g/mol. The van der Waals surface area contributed by atoms with Crippen molar-refractivity contribution >= 4 is 5.82 Å². The first kappa shape index (κ1) is 19.3. The summed E-state index contributed by atoms with van der Waals surface area (Å²) in [6.45, 7) is 8.61. The first-order valence-electron chi connectivity index (χ1n) is 10.3. The lowest BCUT2D eigenvalue weighted by atomic mass is 9.97. The number of aromatic nitrogens is 5. The van der Waals surface area contributed by atoms with Gasteiger partial charge < -0.3 is 14.6 Å². The van der Waals surface area contributed by atoms with Crippen LogP contribution in [0.3, 0.4) is 0 Å². The van der Waals surface area contributed by atoms with Gasteiger partial charge in [0.15, 0.2) is 0 Å². The largest absolute Gasteiger partial charge is 0.393 e. The van der Waals surface area contributed by atoms with Gasteiger partial charge in [0.25, 0.3) is 0 Å². The van der Waals surface area contributed by atoms with Gasteiger partial charge in [-0.05, 0) is 39.5 Å². The van der Waals surface area contributed by atoms with E-state index in [4.69, 9.17) is 0 Å². The molecule has 0 amide bonds. The van der Waals surface area contributed by atoms with Crippen LogP contribution in [-0.2, 0) is 13.6 Å². The summed E-state index contributed by atoms with van der Waals surface area (Å²) in [7, 11) is 2.09. The van der Waals surface area contributed by atoms with E-state index in [9.17, 15) is 5.11 Å². The van der Waals surface area contributed by atoms with Crippen molar-refractivity contribution in [2.45, 2.75) is 58.1 Å². The van der Waals surface area contributed by atoms with E-state index in [0.29, 0.717) is 5.92 Å². The predicted octanol–water partition coefficient (Wildman–Crippen LogP) is 1.56. The molecule has 1 unspecified atom stereocenters. The van der Waals surface area contributed by atoms with Crippen LogP contribution in [-0.4, -0.2) is 67.0 Å². The molecule has 0 aliphatic carbocycles. The van der Waals surface area contributed by atoms with Crippen LogP contribution in [0.4, 0.5) is 5.82 Å². The Morgan fingerprint density at radius 1 is 1.11 bits per heavy atom. The Labute approximate surface area is 166 Å². The molecule has 2 aromatic heterocycles. The molecule has 28 heavy (non-hydrogen) atoms. The van der Waals surface area contributed by atoms with Crippen LogP contribution in [0.1, 0.15) is 54.6 Å². The summed E-state index contributed by atoms with van der Waals surface area (Å²) in [5.41, 5.74) is 1.12. The topological polar surface area (TPSA) is 83.2 Å². The molecule has 1 N–H and O–H groups in total. The van der Waals surface area contributed by atoms with Gasteiger partial charge in [0.1, 0.15) is 23.3 Å². The minimum Gasteiger partial charge on any atom is -0.393 e. The first-order valence-corrected chi connectivity index (χ1v) is 10.3. The zero-order valence-corrected chi connectivity index (χ0v) is 17.2. The van der Waals surface area contributed by atoms with Crippen molar-refractivity contribution < 1.29 is 5.11 Å². The highest BCUT2D eigenvalue weighted by Crippen LogP contribution is 2.30. The Morgan fingerprint density at radius 3 is 2.68 bits per heavy atom. The Hall–Kier alpha value is -2.06. The average Bonchev–Trinajstić information content (AvgIpc) is 3.06. The number of aliphatic hydroxyl groups excluding tert-OH is 1. The molecule has 0 bridgehead atoms.